The molecule has 2 amide bonds. The highest BCUT2D eigenvalue weighted by molar-refractivity contribution is 9.10. The Hall–Kier alpha value is -2.21. The van der Waals surface area contributed by atoms with Crippen LogP contribution in [0.2, 0.25) is 0 Å². The minimum Gasteiger partial charge on any atom is -0.273 e. The quantitative estimate of drug-likeness (QED) is 0.842. The molecule has 1 aromatic carbocycles. The third-order valence-electron chi connectivity index (χ3n) is 2.54. The van der Waals surface area contributed by atoms with Gasteiger partial charge in [-0.1, -0.05) is 28.1 Å². The number of hydrogen-bond acceptors (Lipinski definition) is 3. The van der Waals surface area contributed by atoms with E-state index in [9.17, 15) is 9.59 Å². The van der Waals surface area contributed by atoms with Gasteiger partial charge in [0.2, 0.25) is 5.91 Å². The molecule has 6 heteroatoms. The van der Waals surface area contributed by atoms with Crippen molar-refractivity contribution in [1.29, 1.82) is 0 Å². The van der Waals surface area contributed by atoms with Crippen molar-refractivity contribution >= 4 is 27.7 Å². The summed E-state index contributed by atoms with van der Waals surface area (Å²) in [6, 6.07) is 10.5. The van der Waals surface area contributed by atoms with Crippen LogP contribution in [-0.2, 0) is 11.2 Å². The molecule has 0 unspecified atom stereocenters. The highest BCUT2D eigenvalue weighted by Gasteiger charge is 2.07. The van der Waals surface area contributed by atoms with Crippen molar-refractivity contribution in [2.75, 3.05) is 0 Å². The van der Waals surface area contributed by atoms with Crippen LogP contribution < -0.4 is 10.9 Å². The van der Waals surface area contributed by atoms with Crippen LogP contribution in [0.25, 0.3) is 0 Å². The number of nitrogens with one attached hydrogen (secondary N) is 2. The molecule has 0 spiro atoms. The van der Waals surface area contributed by atoms with Gasteiger partial charge in [-0.05, 0) is 29.8 Å². The fourth-order valence-corrected chi connectivity index (χ4v) is 1.80. The summed E-state index contributed by atoms with van der Waals surface area (Å²) in [6.45, 7) is 0. The zero-order valence-electron chi connectivity index (χ0n) is 10.5. The summed E-state index contributed by atoms with van der Waals surface area (Å²) in [5.41, 5.74) is 6.03. The third-order valence-corrected chi connectivity index (χ3v) is 3.06. The Labute approximate surface area is 124 Å². The molecular weight excluding hydrogens is 322 g/mol. The van der Waals surface area contributed by atoms with E-state index in [0.29, 0.717) is 5.56 Å². The lowest BCUT2D eigenvalue weighted by Gasteiger charge is -2.07. The number of hydrogen-bond donors (Lipinski definition) is 2. The van der Waals surface area contributed by atoms with Gasteiger partial charge in [-0.2, -0.15) is 0 Å². The average molecular weight is 334 g/mol. The number of hydrazine groups is 1. The van der Waals surface area contributed by atoms with Crippen molar-refractivity contribution in [3.63, 3.8) is 0 Å². The fourth-order valence-electron chi connectivity index (χ4n) is 1.53. The van der Waals surface area contributed by atoms with E-state index in [1.165, 1.54) is 12.4 Å². The van der Waals surface area contributed by atoms with Crippen molar-refractivity contribution in [2.45, 2.75) is 6.42 Å². The summed E-state index contributed by atoms with van der Waals surface area (Å²) >= 11 is 3.32. The number of amides is 2. The largest absolute Gasteiger partial charge is 0.273 e. The Morgan fingerprint density at radius 3 is 2.30 bits per heavy atom. The van der Waals surface area contributed by atoms with Crippen molar-refractivity contribution in [3.05, 3.63) is 64.4 Å². The molecule has 1 heterocycles. The topological polar surface area (TPSA) is 71.1 Å². The maximum absolute atomic E-state index is 11.7. The highest BCUT2D eigenvalue weighted by atomic mass is 79.9. The molecule has 0 fully saturated rings. The summed E-state index contributed by atoms with van der Waals surface area (Å²) in [7, 11) is 0. The summed E-state index contributed by atoms with van der Waals surface area (Å²) in [5, 5.41) is 0. The van der Waals surface area contributed by atoms with E-state index >= 15 is 0 Å². The van der Waals surface area contributed by atoms with Crippen LogP contribution in [0.15, 0.2) is 53.3 Å². The monoisotopic (exact) mass is 333 g/mol. The first kappa shape index (κ1) is 14.2. The predicted molar refractivity (Wildman–Crippen MR) is 77.7 cm³/mol. The zero-order chi connectivity index (χ0) is 14.4. The third kappa shape index (κ3) is 4.17. The van der Waals surface area contributed by atoms with Crippen molar-refractivity contribution in [1.82, 2.24) is 15.8 Å². The van der Waals surface area contributed by atoms with Crippen molar-refractivity contribution in [2.24, 2.45) is 0 Å². The maximum Gasteiger partial charge on any atom is 0.269 e. The van der Waals surface area contributed by atoms with Crippen LogP contribution >= 0.6 is 15.9 Å². The minimum absolute atomic E-state index is 0.198. The Kier molecular flexibility index (Phi) is 4.84. The summed E-state index contributed by atoms with van der Waals surface area (Å²) in [6.07, 6.45) is 3.22. The number of aromatic nitrogens is 1. The first-order valence-electron chi connectivity index (χ1n) is 5.89. The molecule has 0 aliphatic carbocycles. The van der Waals surface area contributed by atoms with E-state index in [1.54, 1.807) is 12.1 Å². The molecule has 0 saturated heterocycles. The standard InChI is InChI=1S/C14H12BrN3O2/c15-12-3-1-10(2-4-12)9-13(19)17-18-14(20)11-5-7-16-8-6-11/h1-8H,9H2,(H,17,19)(H,18,20). The van der Waals surface area contributed by atoms with Crippen LogP contribution in [0.3, 0.4) is 0 Å². The normalized spacial score (nSPS) is 9.85. The molecule has 0 atom stereocenters. The average Bonchev–Trinajstić information content (AvgIpc) is 2.48. The van der Waals surface area contributed by atoms with Gasteiger partial charge in [-0.15, -0.1) is 0 Å². The summed E-state index contributed by atoms with van der Waals surface area (Å²) in [4.78, 5) is 27.2. The van der Waals surface area contributed by atoms with Crippen LogP contribution in [0, 0.1) is 0 Å². The van der Waals surface area contributed by atoms with Gasteiger partial charge < -0.3 is 0 Å². The van der Waals surface area contributed by atoms with Gasteiger partial charge in [0.25, 0.3) is 5.91 Å². The van der Waals surface area contributed by atoms with Gasteiger partial charge in [0, 0.05) is 22.4 Å². The van der Waals surface area contributed by atoms with Gasteiger partial charge in [0.15, 0.2) is 0 Å². The molecule has 0 bridgehead atoms. The van der Waals surface area contributed by atoms with E-state index in [0.717, 1.165) is 10.0 Å². The molecule has 0 radical (unpaired) electrons. The fraction of sp³-hybridized carbons (Fsp3) is 0.0714. The van der Waals surface area contributed by atoms with Gasteiger partial charge >= 0.3 is 0 Å². The summed E-state index contributed by atoms with van der Waals surface area (Å²) in [5.74, 6) is -0.661. The van der Waals surface area contributed by atoms with E-state index in [-0.39, 0.29) is 18.2 Å². The molecule has 20 heavy (non-hydrogen) atoms. The minimum atomic E-state index is -0.378. The highest BCUT2D eigenvalue weighted by Crippen LogP contribution is 2.10. The maximum atomic E-state index is 11.7. The second-order valence-corrected chi connectivity index (χ2v) is 4.96. The molecular formula is C14H12BrN3O2. The molecule has 2 aromatic rings. The number of pyridine rings is 1. The molecule has 0 saturated carbocycles. The van der Waals surface area contributed by atoms with Gasteiger partial charge in [-0.25, -0.2) is 0 Å². The van der Waals surface area contributed by atoms with E-state index < -0.39 is 0 Å². The predicted octanol–water partition coefficient (Wildman–Crippen LogP) is 1.85. The van der Waals surface area contributed by atoms with Crippen LogP contribution in [0.1, 0.15) is 15.9 Å². The van der Waals surface area contributed by atoms with E-state index in [1.807, 2.05) is 24.3 Å². The summed E-state index contributed by atoms with van der Waals surface area (Å²) < 4.78 is 0.952. The number of nitrogens with zero attached hydrogens (tertiary/aromatic N) is 1. The Morgan fingerprint density at radius 1 is 1.00 bits per heavy atom. The lowest BCUT2D eigenvalue weighted by molar-refractivity contribution is -0.121. The number of benzene rings is 1. The lowest BCUT2D eigenvalue weighted by atomic mass is 10.1. The Bertz CT molecular complexity index is 600. The van der Waals surface area contributed by atoms with E-state index in [4.69, 9.17) is 0 Å². The molecule has 0 aliphatic heterocycles. The first-order chi connectivity index (χ1) is 9.65. The molecule has 2 N–H and O–H groups in total. The second kappa shape index (κ2) is 6.81. The Balaban J connectivity index is 1.83. The molecule has 2 rings (SSSR count). The van der Waals surface area contributed by atoms with Crippen LogP contribution in [0.5, 0.6) is 0 Å². The number of halogens is 1. The number of carbonyl (C=O) groups excluding carboxylic acids is 2. The zero-order valence-corrected chi connectivity index (χ0v) is 12.1. The second-order valence-electron chi connectivity index (χ2n) is 4.04. The number of carbonyl (C=O) groups is 2. The smallest absolute Gasteiger partial charge is 0.269 e. The van der Waals surface area contributed by atoms with Gasteiger partial charge in [0.1, 0.15) is 0 Å². The lowest BCUT2D eigenvalue weighted by Crippen LogP contribution is -2.42. The van der Waals surface area contributed by atoms with E-state index in [2.05, 4.69) is 31.8 Å². The van der Waals surface area contributed by atoms with Crippen LogP contribution in [0.4, 0.5) is 0 Å². The Morgan fingerprint density at radius 2 is 1.65 bits per heavy atom. The van der Waals surface area contributed by atoms with Crippen molar-refractivity contribution < 1.29 is 9.59 Å². The molecule has 0 aliphatic rings. The van der Waals surface area contributed by atoms with Gasteiger partial charge in [0.05, 0.1) is 6.42 Å². The van der Waals surface area contributed by atoms with Gasteiger partial charge in [-0.3, -0.25) is 25.4 Å². The molecule has 1 aromatic heterocycles. The SMILES string of the molecule is O=C(Cc1ccc(Br)cc1)NNC(=O)c1ccncc1. The van der Waals surface area contributed by atoms with Crippen LogP contribution in [-0.4, -0.2) is 16.8 Å². The first-order valence-corrected chi connectivity index (χ1v) is 6.68. The molecule has 5 nitrogen and oxygen atoms in total. The molecule has 102 valence electrons. The number of rotatable bonds is 3. The van der Waals surface area contributed by atoms with Crippen molar-refractivity contribution in [3.8, 4) is 0 Å².